The maximum absolute atomic E-state index is 12.8. The molecule has 1 aromatic rings. The van der Waals surface area contributed by atoms with Crippen molar-refractivity contribution in [1.82, 2.24) is 4.90 Å². The molecular weight excluding hydrogens is 346 g/mol. The zero-order valence-corrected chi connectivity index (χ0v) is 16.7. The number of thioether (sulfide) groups is 1. The van der Waals surface area contributed by atoms with Crippen molar-refractivity contribution in [2.75, 3.05) is 12.1 Å². The van der Waals surface area contributed by atoms with Gasteiger partial charge in [-0.2, -0.15) is 0 Å². The number of benzene rings is 1. The van der Waals surface area contributed by atoms with Crippen LogP contribution in [0.1, 0.15) is 38.7 Å². The molecule has 1 fully saturated rings. The van der Waals surface area contributed by atoms with Gasteiger partial charge in [0.2, 0.25) is 0 Å². The first-order chi connectivity index (χ1) is 12.5. The second kappa shape index (κ2) is 10.4. The van der Waals surface area contributed by atoms with Gasteiger partial charge in [-0.1, -0.05) is 50.3 Å². The summed E-state index contributed by atoms with van der Waals surface area (Å²) in [4.78, 5) is 27.0. The van der Waals surface area contributed by atoms with E-state index in [-0.39, 0.29) is 12.4 Å². The minimum atomic E-state index is -0.472. The lowest BCUT2D eigenvalue weighted by Gasteiger charge is -2.30. The third-order valence-corrected chi connectivity index (χ3v) is 4.80. The highest BCUT2D eigenvalue weighted by Crippen LogP contribution is 2.30. The number of ether oxygens (including phenoxy) is 1. The number of carbonyl (C=O) groups is 2. The molecule has 1 atom stereocenters. The van der Waals surface area contributed by atoms with Crippen molar-refractivity contribution in [3.05, 3.63) is 48.0 Å². The van der Waals surface area contributed by atoms with Crippen LogP contribution in [-0.4, -0.2) is 35.0 Å². The summed E-state index contributed by atoms with van der Waals surface area (Å²) in [5.74, 6) is 1.28. The first-order valence-corrected chi connectivity index (χ1v) is 10.6. The molecule has 4 nitrogen and oxygen atoms in total. The third-order valence-electron chi connectivity index (χ3n) is 4.26. The number of nitrogens with zero attached hydrogens (tertiary/aromatic N) is 1. The Bertz CT molecular complexity index is 611. The van der Waals surface area contributed by atoms with Crippen LogP contribution in [0.2, 0.25) is 0 Å². The molecule has 0 bridgehead atoms. The van der Waals surface area contributed by atoms with Crippen LogP contribution in [0.15, 0.2) is 42.5 Å². The predicted molar refractivity (Wildman–Crippen MR) is 107 cm³/mol. The van der Waals surface area contributed by atoms with Gasteiger partial charge in [0, 0.05) is 0 Å². The Morgan fingerprint density at radius 3 is 2.54 bits per heavy atom. The van der Waals surface area contributed by atoms with E-state index in [2.05, 4.69) is 13.8 Å². The van der Waals surface area contributed by atoms with Crippen molar-refractivity contribution < 1.29 is 14.3 Å². The molecule has 0 unspecified atom stereocenters. The van der Waals surface area contributed by atoms with Crippen molar-refractivity contribution in [3.63, 3.8) is 0 Å². The van der Waals surface area contributed by atoms with Gasteiger partial charge in [0.25, 0.3) is 0 Å². The Labute approximate surface area is 161 Å². The Morgan fingerprint density at radius 1 is 1.27 bits per heavy atom. The molecule has 0 aliphatic heterocycles. The summed E-state index contributed by atoms with van der Waals surface area (Å²) >= 11 is 1.52. The first-order valence-electron chi connectivity index (χ1n) is 9.19. The van der Waals surface area contributed by atoms with E-state index < -0.39 is 12.1 Å². The van der Waals surface area contributed by atoms with Crippen molar-refractivity contribution in [2.45, 2.75) is 45.8 Å². The maximum Gasteiger partial charge on any atom is 0.411 e. The van der Waals surface area contributed by atoms with E-state index in [9.17, 15) is 9.59 Å². The average Bonchev–Trinajstić information content (AvgIpc) is 3.45. The van der Waals surface area contributed by atoms with Crippen LogP contribution < -0.4 is 0 Å². The van der Waals surface area contributed by atoms with E-state index in [1.807, 2.05) is 42.7 Å². The van der Waals surface area contributed by atoms with Gasteiger partial charge in [-0.15, -0.1) is 11.8 Å². The van der Waals surface area contributed by atoms with Gasteiger partial charge in [0.05, 0.1) is 11.9 Å². The predicted octanol–water partition coefficient (Wildman–Crippen LogP) is 4.90. The molecule has 0 spiro atoms. The largest absolute Gasteiger partial charge is 0.445 e. The van der Waals surface area contributed by atoms with E-state index >= 15 is 0 Å². The number of hydrogen-bond acceptors (Lipinski definition) is 4. The normalized spacial score (nSPS) is 15.2. The van der Waals surface area contributed by atoms with Gasteiger partial charge in [0.1, 0.15) is 6.61 Å². The van der Waals surface area contributed by atoms with Crippen molar-refractivity contribution >= 4 is 23.6 Å². The van der Waals surface area contributed by atoms with Gasteiger partial charge in [0.15, 0.2) is 5.78 Å². The van der Waals surface area contributed by atoms with Crippen LogP contribution in [0.25, 0.3) is 0 Å². The standard InChI is InChI=1S/C21H29NO3S/c1-16(2)13-19(20(23)12-11-17-9-10-17)22(15-26-3)21(24)25-14-18-7-5-4-6-8-18/h4-8,11-12,16-17,19H,9-10,13-15H2,1-3H3/b12-11+/t19-/m0/s1. The molecule has 1 aliphatic rings. The van der Waals surface area contributed by atoms with Gasteiger partial charge in [-0.05, 0) is 49.0 Å². The van der Waals surface area contributed by atoms with Crippen LogP contribution in [0.5, 0.6) is 0 Å². The lowest BCUT2D eigenvalue weighted by atomic mass is 9.99. The second-order valence-corrected chi connectivity index (χ2v) is 8.01. The van der Waals surface area contributed by atoms with Crippen LogP contribution >= 0.6 is 11.8 Å². The zero-order valence-electron chi connectivity index (χ0n) is 15.9. The van der Waals surface area contributed by atoms with Crippen LogP contribution in [-0.2, 0) is 16.1 Å². The first kappa shape index (κ1) is 20.6. The summed E-state index contributed by atoms with van der Waals surface area (Å²) in [5.41, 5.74) is 0.935. The Morgan fingerprint density at radius 2 is 1.96 bits per heavy atom. The van der Waals surface area contributed by atoms with E-state index in [0.717, 1.165) is 18.4 Å². The summed E-state index contributed by atoms with van der Waals surface area (Å²) in [6, 6.07) is 9.12. The van der Waals surface area contributed by atoms with Gasteiger partial charge >= 0.3 is 6.09 Å². The number of ketones is 1. The summed E-state index contributed by atoms with van der Waals surface area (Å²) in [6.45, 7) is 4.35. The molecule has 2 rings (SSSR count). The molecule has 0 saturated heterocycles. The monoisotopic (exact) mass is 375 g/mol. The van der Waals surface area contributed by atoms with E-state index in [4.69, 9.17) is 4.74 Å². The van der Waals surface area contributed by atoms with E-state index in [1.54, 1.807) is 11.0 Å². The Hall–Kier alpha value is -1.75. The molecule has 1 aromatic carbocycles. The minimum absolute atomic E-state index is 0.00342. The minimum Gasteiger partial charge on any atom is -0.445 e. The van der Waals surface area contributed by atoms with Gasteiger partial charge in [-0.25, -0.2) is 4.79 Å². The number of allylic oxidation sites excluding steroid dienone is 1. The molecule has 1 amide bonds. The summed E-state index contributed by atoms with van der Waals surface area (Å²) in [7, 11) is 0. The SMILES string of the molecule is CSCN(C(=O)OCc1ccccc1)[C@@H](CC(C)C)C(=O)/C=C/C1CC1. The zero-order chi connectivity index (χ0) is 18.9. The molecule has 26 heavy (non-hydrogen) atoms. The topological polar surface area (TPSA) is 46.6 Å². The van der Waals surface area contributed by atoms with E-state index in [0.29, 0.717) is 24.1 Å². The van der Waals surface area contributed by atoms with Crippen molar-refractivity contribution in [1.29, 1.82) is 0 Å². The number of carbonyl (C=O) groups excluding carboxylic acids is 2. The van der Waals surface area contributed by atoms with Crippen LogP contribution in [0, 0.1) is 11.8 Å². The molecule has 1 aliphatic carbocycles. The number of amides is 1. The highest BCUT2D eigenvalue weighted by molar-refractivity contribution is 7.98. The summed E-state index contributed by atoms with van der Waals surface area (Å²) in [5, 5.41) is 0. The number of hydrogen-bond donors (Lipinski definition) is 0. The summed E-state index contributed by atoms with van der Waals surface area (Å²) < 4.78 is 5.49. The highest BCUT2D eigenvalue weighted by Gasteiger charge is 2.30. The van der Waals surface area contributed by atoms with Crippen LogP contribution in [0.4, 0.5) is 4.79 Å². The Balaban J connectivity index is 2.06. The molecule has 0 N–H and O–H groups in total. The van der Waals surface area contributed by atoms with Gasteiger partial charge in [-0.3, -0.25) is 9.69 Å². The Kier molecular flexibility index (Phi) is 8.23. The maximum atomic E-state index is 12.8. The van der Waals surface area contributed by atoms with E-state index in [1.165, 1.54) is 11.8 Å². The number of rotatable bonds is 10. The quantitative estimate of drug-likeness (QED) is 0.431. The fraction of sp³-hybridized carbons (Fsp3) is 0.524. The molecule has 142 valence electrons. The molecule has 1 saturated carbocycles. The molecule has 5 heteroatoms. The molecule has 0 heterocycles. The van der Waals surface area contributed by atoms with Gasteiger partial charge < -0.3 is 4.74 Å². The molecule has 0 radical (unpaired) electrons. The smallest absolute Gasteiger partial charge is 0.411 e. The molecule has 0 aromatic heterocycles. The molecular formula is C21H29NO3S. The fourth-order valence-electron chi connectivity index (χ4n) is 2.69. The average molecular weight is 376 g/mol. The van der Waals surface area contributed by atoms with Crippen molar-refractivity contribution in [2.24, 2.45) is 11.8 Å². The van der Waals surface area contributed by atoms with Crippen LogP contribution in [0.3, 0.4) is 0 Å². The highest BCUT2D eigenvalue weighted by atomic mass is 32.2. The summed E-state index contributed by atoms with van der Waals surface area (Å²) in [6.07, 6.45) is 8.11. The second-order valence-electron chi connectivity index (χ2n) is 7.17. The lowest BCUT2D eigenvalue weighted by Crippen LogP contribution is -2.45. The third kappa shape index (κ3) is 6.87. The lowest BCUT2D eigenvalue weighted by molar-refractivity contribution is -0.119. The fourth-order valence-corrected chi connectivity index (χ4v) is 3.25. The van der Waals surface area contributed by atoms with Crippen molar-refractivity contribution in [3.8, 4) is 0 Å².